The average Bonchev–Trinajstić information content (AvgIpc) is 2.54. The van der Waals surface area contributed by atoms with Crippen molar-refractivity contribution in [3.63, 3.8) is 0 Å². The highest BCUT2D eigenvalue weighted by molar-refractivity contribution is 5.75. The fraction of sp³-hybridized carbons (Fsp3) is 0.333. The van der Waals surface area contributed by atoms with Crippen LogP contribution < -0.4 is 5.32 Å². The maximum atomic E-state index is 11.7. The van der Waals surface area contributed by atoms with Gasteiger partial charge in [-0.25, -0.2) is 0 Å². The summed E-state index contributed by atoms with van der Waals surface area (Å²) in [7, 11) is 0. The lowest BCUT2D eigenvalue weighted by molar-refractivity contribution is -0.121. The van der Waals surface area contributed by atoms with Crippen LogP contribution in [0.4, 0.5) is 0 Å². The Morgan fingerprint density at radius 3 is 2.55 bits per heavy atom. The minimum atomic E-state index is 0.106. The van der Waals surface area contributed by atoms with Gasteiger partial charge in [-0.05, 0) is 55.0 Å². The van der Waals surface area contributed by atoms with Crippen LogP contribution in [-0.4, -0.2) is 22.5 Å². The van der Waals surface area contributed by atoms with E-state index in [1.165, 1.54) is 11.1 Å². The zero-order chi connectivity index (χ0) is 15.6. The fourth-order valence-electron chi connectivity index (χ4n) is 2.27. The Bertz CT molecular complexity index is 567. The van der Waals surface area contributed by atoms with E-state index in [-0.39, 0.29) is 11.7 Å². The predicted octanol–water partition coefficient (Wildman–Crippen LogP) is 2.86. The van der Waals surface area contributed by atoms with Gasteiger partial charge in [-0.3, -0.25) is 9.78 Å². The van der Waals surface area contributed by atoms with E-state index in [9.17, 15) is 9.90 Å². The van der Waals surface area contributed by atoms with E-state index in [1.54, 1.807) is 18.3 Å². The number of amides is 1. The summed E-state index contributed by atoms with van der Waals surface area (Å²) in [5.74, 6) is 0.389. The lowest BCUT2D eigenvalue weighted by atomic mass is 10.1. The number of pyridine rings is 1. The van der Waals surface area contributed by atoms with Crippen LogP contribution in [0.2, 0.25) is 0 Å². The standard InChI is InChI=1S/C18H22N2O2/c21-17-10-8-15(9-11-17)5-3-13-20-18(22)7-1-4-16-6-2-12-19-14-16/h2,6,8-12,14,21H,1,3-5,7,13H2,(H,20,22). The number of nitrogens with one attached hydrogen (secondary N) is 1. The van der Waals surface area contributed by atoms with Gasteiger partial charge in [-0.1, -0.05) is 18.2 Å². The summed E-state index contributed by atoms with van der Waals surface area (Å²) in [6, 6.07) is 11.1. The molecule has 0 aliphatic carbocycles. The molecule has 0 saturated heterocycles. The maximum Gasteiger partial charge on any atom is 0.220 e. The molecule has 0 unspecified atom stereocenters. The third-order valence-corrected chi connectivity index (χ3v) is 3.49. The molecule has 0 aliphatic rings. The Morgan fingerprint density at radius 2 is 1.82 bits per heavy atom. The molecule has 2 N–H and O–H groups in total. The summed E-state index contributed by atoms with van der Waals surface area (Å²) in [4.78, 5) is 15.8. The smallest absolute Gasteiger partial charge is 0.220 e. The number of rotatable bonds is 8. The molecule has 0 saturated carbocycles. The van der Waals surface area contributed by atoms with Crippen molar-refractivity contribution in [2.75, 3.05) is 6.54 Å². The Labute approximate surface area is 131 Å². The van der Waals surface area contributed by atoms with Gasteiger partial charge in [0.1, 0.15) is 5.75 Å². The van der Waals surface area contributed by atoms with Gasteiger partial charge in [0.2, 0.25) is 5.91 Å². The number of phenolic OH excluding ortho intramolecular Hbond substituents is 1. The quantitative estimate of drug-likeness (QED) is 0.737. The Kier molecular flexibility index (Phi) is 6.42. The number of aryl methyl sites for hydroxylation is 2. The van der Waals surface area contributed by atoms with Crippen molar-refractivity contribution >= 4 is 5.91 Å². The van der Waals surface area contributed by atoms with E-state index in [2.05, 4.69) is 10.3 Å². The summed E-state index contributed by atoms with van der Waals surface area (Å²) >= 11 is 0. The monoisotopic (exact) mass is 298 g/mol. The summed E-state index contributed by atoms with van der Waals surface area (Å²) in [5.41, 5.74) is 2.34. The van der Waals surface area contributed by atoms with E-state index >= 15 is 0 Å². The Balaban J connectivity index is 1.55. The summed E-state index contributed by atoms with van der Waals surface area (Å²) < 4.78 is 0. The highest BCUT2D eigenvalue weighted by Gasteiger charge is 2.01. The number of aromatic nitrogens is 1. The molecule has 0 radical (unpaired) electrons. The van der Waals surface area contributed by atoms with Gasteiger partial charge in [0.25, 0.3) is 0 Å². The number of phenols is 1. The van der Waals surface area contributed by atoms with Crippen LogP contribution in [0, 0.1) is 0 Å². The van der Waals surface area contributed by atoms with Crippen molar-refractivity contribution in [3.05, 3.63) is 59.9 Å². The molecule has 0 atom stereocenters. The van der Waals surface area contributed by atoms with Gasteiger partial charge < -0.3 is 10.4 Å². The second kappa shape index (κ2) is 8.82. The molecule has 2 aromatic rings. The van der Waals surface area contributed by atoms with Crippen LogP contribution in [0.3, 0.4) is 0 Å². The van der Waals surface area contributed by atoms with Crippen molar-refractivity contribution in [1.82, 2.24) is 10.3 Å². The average molecular weight is 298 g/mol. The molecule has 116 valence electrons. The highest BCUT2D eigenvalue weighted by atomic mass is 16.3. The second-order valence-corrected chi connectivity index (χ2v) is 5.33. The zero-order valence-corrected chi connectivity index (χ0v) is 12.7. The van der Waals surface area contributed by atoms with Crippen molar-refractivity contribution in [3.8, 4) is 5.75 Å². The van der Waals surface area contributed by atoms with Crippen LogP contribution >= 0.6 is 0 Å². The molecular formula is C18H22N2O2. The maximum absolute atomic E-state index is 11.7. The minimum Gasteiger partial charge on any atom is -0.508 e. The van der Waals surface area contributed by atoms with Crippen LogP contribution in [0.5, 0.6) is 5.75 Å². The molecular weight excluding hydrogens is 276 g/mol. The molecule has 22 heavy (non-hydrogen) atoms. The first-order chi connectivity index (χ1) is 10.7. The topological polar surface area (TPSA) is 62.2 Å². The molecule has 0 fully saturated rings. The lowest BCUT2D eigenvalue weighted by Gasteiger charge is -2.06. The number of benzene rings is 1. The highest BCUT2D eigenvalue weighted by Crippen LogP contribution is 2.10. The minimum absolute atomic E-state index is 0.106. The SMILES string of the molecule is O=C(CCCc1cccnc1)NCCCc1ccc(O)cc1. The first-order valence-electron chi connectivity index (χ1n) is 7.67. The summed E-state index contributed by atoms with van der Waals surface area (Å²) in [5, 5.41) is 12.2. The lowest BCUT2D eigenvalue weighted by Crippen LogP contribution is -2.24. The molecule has 1 heterocycles. The number of nitrogens with zero attached hydrogens (tertiary/aromatic N) is 1. The van der Waals surface area contributed by atoms with Crippen LogP contribution in [-0.2, 0) is 17.6 Å². The van der Waals surface area contributed by atoms with E-state index in [0.29, 0.717) is 13.0 Å². The van der Waals surface area contributed by atoms with Gasteiger partial charge in [0.05, 0.1) is 0 Å². The van der Waals surface area contributed by atoms with Gasteiger partial charge >= 0.3 is 0 Å². The van der Waals surface area contributed by atoms with Crippen molar-refractivity contribution in [1.29, 1.82) is 0 Å². The molecule has 0 bridgehead atoms. The van der Waals surface area contributed by atoms with Crippen molar-refractivity contribution in [2.45, 2.75) is 32.1 Å². The van der Waals surface area contributed by atoms with E-state index < -0.39 is 0 Å². The van der Waals surface area contributed by atoms with Gasteiger partial charge in [0, 0.05) is 25.4 Å². The van der Waals surface area contributed by atoms with Crippen LogP contribution in [0.1, 0.15) is 30.4 Å². The largest absolute Gasteiger partial charge is 0.508 e. The normalized spacial score (nSPS) is 10.4. The third kappa shape index (κ3) is 5.95. The molecule has 0 spiro atoms. The Morgan fingerprint density at radius 1 is 1.05 bits per heavy atom. The first-order valence-corrected chi connectivity index (χ1v) is 7.67. The second-order valence-electron chi connectivity index (χ2n) is 5.33. The van der Waals surface area contributed by atoms with Crippen LogP contribution in [0.15, 0.2) is 48.8 Å². The van der Waals surface area contributed by atoms with Gasteiger partial charge in [-0.15, -0.1) is 0 Å². The molecule has 1 aromatic carbocycles. The first kappa shape index (κ1) is 16.0. The van der Waals surface area contributed by atoms with E-state index in [1.807, 2.05) is 30.5 Å². The molecule has 4 nitrogen and oxygen atoms in total. The predicted molar refractivity (Wildman–Crippen MR) is 86.6 cm³/mol. The van der Waals surface area contributed by atoms with Crippen LogP contribution in [0.25, 0.3) is 0 Å². The molecule has 1 amide bonds. The number of hydrogen-bond donors (Lipinski definition) is 2. The third-order valence-electron chi connectivity index (χ3n) is 3.49. The molecule has 4 heteroatoms. The van der Waals surface area contributed by atoms with Gasteiger partial charge in [0.15, 0.2) is 0 Å². The number of carbonyl (C=O) groups is 1. The zero-order valence-electron chi connectivity index (χ0n) is 12.7. The summed E-state index contributed by atoms with van der Waals surface area (Å²) in [6.45, 7) is 0.687. The number of carbonyl (C=O) groups excluding carboxylic acids is 1. The number of aromatic hydroxyl groups is 1. The van der Waals surface area contributed by atoms with E-state index in [0.717, 1.165) is 25.7 Å². The number of hydrogen-bond acceptors (Lipinski definition) is 3. The van der Waals surface area contributed by atoms with Gasteiger partial charge in [-0.2, -0.15) is 0 Å². The molecule has 1 aromatic heterocycles. The molecule has 2 rings (SSSR count). The van der Waals surface area contributed by atoms with Crippen molar-refractivity contribution in [2.24, 2.45) is 0 Å². The summed E-state index contributed by atoms with van der Waals surface area (Å²) in [6.07, 6.45) is 7.67. The Hall–Kier alpha value is -2.36. The van der Waals surface area contributed by atoms with Crippen molar-refractivity contribution < 1.29 is 9.90 Å². The van der Waals surface area contributed by atoms with E-state index in [4.69, 9.17) is 0 Å². The fourth-order valence-corrected chi connectivity index (χ4v) is 2.27. The molecule has 0 aliphatic heterocycles.